The van der Waals surface area contributed by atoms with Crippen molar-refractivity contribution in [3.8, 4) is 11.6 Å². The van der Waals surface area contributed by atoms with Gasteiger partial charge in [-0.2, -0.15) is 0 Å². The van der Waals surface area contributed by atoms with Crippen LogP contribution in [0.4, 0.5) is 0 Å². The Labute approximate surface area is 122 Å². The molecule has 0 saturated heterocycles. The number of amides is 1. The van der Waals surface area contributed by atoms with Crippen LogP contribution < -0.4 is 10.5 Å². The molecule has 0 fully saturated rings. The third-order valence-electron chi connectivity index (χ3n) is 2.41. The molecule has 0 unspecified atom stereocenters. The van der Waals surface area contributed by atoms with Crippen LogP contribution in [0.25, 0.3) is 0 Å². The summed E-state index contributed by atoms with van der Waals surface area (Å²) < 4.78 is 6.02. The topological polar surface area (TPSA) is 103 Å². The van der Waals surface area contributed by atoms with Gasteiger partial charge in [-0.15, -0.1) is 0 Å². The normalized spacial score (nSPS) is 10.1. The number of rotatable bonds is 4. The maximum atomic E-state index is 11.1. The third-order valence-corrected chi connectivity index (χ3v) is 2.90. The van der Waals surface area contributed by atoms with E-state index in [0.717, 1.165) is 0 Å². The zero-order valence-corrected chi connectivity index (χ0v) is 11.6. The number of carbonyl (C=O) groups is 2. The van der Waals surface area contributed by atoms with Crippen LogP contribution in [-0.4, -0.2) is 22.0 Å². The second-order valence-corrected chi connectivity index (χ2v) is 4.71. The van der Waals surface area contributed by atoms with E-state index < -0.39 is 11.9 Å². The molecule has 1 amide bonds. The number of carboxylic acid groups (broad SMARTS) is 1. The lowest BCUT2D eigenvalue weighted by Gasteiger charge is -2.08. The summed E-state index contributed by atoms with van der Waals surface area (Å²) in [6.07, 6.45) is 1.26. The number of aromatic carboxylic acids is 1. The molecule has 2 aromatic rings. The second kappa shape index (κ2) is 5.70. The Morgan fingerprint density at radius 2 is 2.00 bits per heavy atom. The van der Waals surface area contributed by atoms with Gasteiger partial charge in [0.1, 0.15) is 11.3 Å². The quantitative estimate of drug-likeness (QED) is 0.892. The van der Waals surface area contributed by atoms with E-state index in [-0.39, 0.29) is 22.8 Å². The zero-order valence-electron chi connectivity index (χ0n) is 10.0. The predicted octanol–water partition coefficient (Wildman–Crippen LogP) is 2.43. The lowest BCUT2D eigenvalue weighted by atomic mass is 10.2. The van der Waals surface area contributed by atoms with Crippen LogP contribution in [0.2, 0.25) is 0 Å². The number of carbonyl (C=O) groups excluding carboxylic acids is 1. The highest BCUT2D eigenvalue weighted by atomic mass is 79.9. The van der Waals surface area contributed by atoms with Crippen LogP contribution in [0.15, 0.2) is 41.0 Å². The van der Waals surface area contributed by atoms with Gasteiger partial charge in [0.15, 0.2) is 0 Å². The second-order valence-electron chi connectivity index (χ2n) is 3.80. The Balaban J connectivity index is 2.30. The van der Waals surface area contributed by atoms with Gasteiger partial charge in [0.2, 0.25) is 11.8 Å². The number of hydrogen-bond acceptors (Lipinski definition) is 4. The highest BCUT2D eigenvalue weighted by Crippen LogP contribution is 2.27. The Kier molecular flexibility index (Phi) is 3.99. The fourth-order valence-corrected chi connectivity index (χ4v) is 1.82. The average Bonchev–Trinajstić information content (AvgIpc) is 2.41. The zero-order chi connectivity index (χ0) is 14.7. The molecule has 0 aliphatic heterocycles. The first kappa shape index (κ1) is 14.0. The van der Waals surface area contributed by atoms with E-state index in [4.69, 9.17) is 15.6 Å². The molecule has 20 heavy (non-hydrogen) atoms. The maximum absolute atomic E-state index is 11.1. The van der Waals surface area contributed by atoms with Gasteiger partial charge in [0, 0.05) is 16.7 Å². The molecule has 0 aliphatic carbocycles. The molecule has 0 bridgehead atoms. The van der Waals surface area contributed by atoms with Crippen LogP contribution in [0.1, 0.15) is 20.7 Å². The molecule has 0 spiro atoms. The lowest BCUT2D eigenvalue weighted by molar-refractivity contribution is 0.0693. The van der Waals surface area contributed by atoms with Gasteiger partial charge in [-0.05, 0) is 24.3 Å². The number of primary amides is 1. The van der Waals surface area contributed by atoms with Crippen LogP contribution in [0.3, 0.4) is 0 Å². The van der Waals surface area contributed by atoms with Gasteiger partial charge in [-0.1, -0.05) is 15.9 Å². The summed E-state index contributed by atoms with van der Waals surface area (Å²) in [4.78, 5) is 25.9. The van der Waals surface area contributed by atoms with Crippen molar-refractivity contribution in [2.45, 2.75) is 0 Å². The third kappa shape index (κ3) is 3.12. The first-order chi connectivity index (χ1) is 9.47. The van der Waals surface area contributed by atoms with E-state index in [9.17, 15) is 9.59 Å². The predicted molar refractivity (Wildman–Crippen MR) is 73.9 cm³/mol. The van der Waals surface area contributed by atoms with Crippen LogP contribution in [-0.2, 0) is 0 Å². The molecule has 0 atom stereocenters. The number of hydrogen-bond donors (Lipinski definition) is 2. The van der Waals surface area contributed by atoms with Gasteiger partial charge in [0.05, 0.1) is 5.56 Å². The highest BCUT2D eigenvalue weighted by molar-refractivity contribution is 9.10. The number of nitrogens with two attached hydrogens (primary N) is 1. The Hall–Kier alpha value is -2.41. The molecule has 102 valence electrons. The van der Waals surface area contributed by atoms with E-state index in [2.05, 4.69) is 20.9 Å². The average molecular weight is 337 g/mol. The highest BCUT2D eigenvalue weighted by Gasteiger charge is 2.13. The van der Waals surface area contributed by atoms with E-state index >= 15 is 0 Å². The lowest BCUT2D eigenvalue weighted by Crippen LogP contribution is -2.11. The summed E-state index contributed by atoms with van der Waals surface area (Å²) in [6, 6.07) is 7.48. The summed E-state index contributed by atoms with van der Waals surface area (Å²) >= 11 is 3.19. The smallest absolute Gasteiger partial charge is 0.339 e. The van der Waals surface area contributed by atoms with Crippen LogP contribution >= 0.6 is 15.9 Å². The number of aromatic nitrogens is 1. The van der Waals surface area contributed by atoms with Crippen molar-refractivity contribution in [1.29, 1.82) is 0 Å². The molecule has 7 heteroatoms. The number of carboxylic acids is 1. The Morgan fingerprint density at radius 1 is 1.25 bits per heavy atom. The number of benzene rings is 1. The maximum Gasteiger partial charge on any atom is 0.339 e. The number of ether oxygens (including phenoxy) is 1. The summed E-state index contributed by atoms with van der Waals surface area (Å²) in [5.41, 5.74) is 5.34. The van der Waals surface area contributed by atoms with Crippen LogP contribution in [0, 0.1) is 0 Å². The molecule has 0 radical (unpaired) electrons. The standard InChI is InChI=1S/C13H9BrN2O4/c14-8-2-3-10(9(5-8)13(18)19)20-11-4-1-7(6-16-11)12(15)17/h1-6H,(H2,15,17)(H,18,19). The van der Waals surface area contributed by atoms with Crippen molar-refractivity contribution >= 4 is 27.8 Å². The fourth-order valence-electron chi connectivity index (χ4n) is 1.46. The Morgan fingerprint density at radius 3 is 2.55 bits per heavy atom. The first-order valence-corrected chi connectivity index (χ1v) is 6.23. The number of halogens is 1. The van der Waals surface area contributed by atoms with Crippen molar-refractivity contribution < 1.29 is 19.4 Å². The molecule has 1 aromatic heterocycles. The SMILES string of the molecule is NC(=O)c1ccc(Oc2ccc(Br)cc2C(=O)O)nc1. The monoisotopic (exact) mass is 336 g/mol. The van der Waals surface area contributed by atoms with Crippen molar-refractivity contribution in [3.05, 3.63) is 52.1 Å². The molecule has 0 saturated carbocycles. The van der Waals surface area contributed by atoms with Gasteiger partial charge < -0.3 is 15.6 Å². The molecular weight excluding hydrogens is 328 g/mol. The molecule has 0 aliphatic rings. The van der Waals surface area contributed by atoms with Crippen LogP contribution in [0.5, 0.6) is 11.6 Å². The first-order valence-electron chi connectivity index (χ1n) is 5.44. The van der Waals surface area contributed by atoms with Gasteiger partial charge in [-0.25, -0.2) is 9.78 Å². The molecule has 6 nitrogen and oxygen atoms in total. The molecular formula is C13H9BrN2O4. The van der Waals surface area contributed by atoms with E-state index in [1.165, 1.54) is 30.5 Å². The minimum Gasteiger partial charge on any atom is -0.478 e. The van der Waals surface area contributed by atoms with Crippen molar-refractivity contribution in [2.24, 2.45) is 5.73 Å². The largest absolute Gasteiger partial charge is 0.478 e. The molecule has 1 aromatic carbocycles. The van der Waals surface area contributed by atoms with E-state index in [1.807, 2.05) is 0 Å². The summed E-state index contributed by atoms with van der Waals surface area (Å²) in [6.45, 7) is 0. The van der Waals surface area contributed by atoms with Gasteiger partial charge >= 0.3 is 5.97 Å². The fraction of sp³-hybridized carbons (Fsp3) is 0. The molecule has 2 rings (SSSR count). The summed E-state index contributed by atoms with van der Waals surface area (Å²) in [5.74, 6) is -1.39. The number of pyridine rings is 1. The molecule has 3 N–H and O–H groups in total. The van der Waals surface area contributed by atoms with Crippen molar-refractivity contribution in [3.63, 3.8) is 0 Å². The minimum absolute atomic E-state index is 0.000141. The Bertz CT molecular complexity index is 671. The summed E-state index contributed by atoms with van der Waals surface area (Å²) in [5, 5.41) is 9.10. The summed E-state index contributed by atoms with van der Waals surface area (Å²) in [7, 11) is 0. The number of nitrogens with zero attached hydrogens (tertiary/aromatic N) is 1. The minimum atomic E-state index is -1.12. The van der Waals surface area contributed by atoms with Crippen molar-refractivity contribution in [2.75, 3.05) is 0 Å². The van der Waals surface area contributed by atoms with E-state index in [0.29, 0.717) is 4.47 Å². The van der Waals surface area contributed by atoms with Crippen molar-refractivity contribution in [1.82, 2.24) is 4.98 Å². The van der Waals surface area contributed by atoms with Gasteiger partial charge in [-0.3, -0.25) is 4.79 Å². The molecule has 1 heterocycles. The van der Waals surface area contributed by atoms with E-state index in [1.54, 1.807) is 6.07 Å². The van der Waals surface area contributed by atoms with Gasteiger partial charge in [0.25, 0.3) is 0 Å².